The SMILES string of the molecule is CCCCc1ccc(-c2ccc3c(n2)Oc2c(F)cccc2[C@@H]3C(C)(C)C(=O)NC(N)=O)cc1. The molecule has 1 aromatic heterocycles. The molecule has 4 rings (SSSR count). The highest BCUT2D eigenvalue weighted by Crippen LogP contribution is 2.52. The summed E-state index contributed by atoms with van der Waals surface area (Å²) in [5.74, 6) is -1.47. The number of nitrogens with one attached hydrogen (secondary N) is 1. The second-order valence-electron chi connectivity index (χ2n) is 9.12. The number of halogens is 1. The summed E-state index contributed by atoms with van der Waals surface area (Å²) in [6.45, 7) is 5.53. The van der Waals surface area contributed by atoms with Crippen molar-refractivity contribution >= 4 is 11.9 Å². The molecule has 2 heterocycles. The van der Waals surface area contributed by atoms with Crippen molar-refractivity contribution in [2.24, 2.45) is 11.1 Å². The first-order valence-electron chi connectivity index (χ1n) is 11.4. The number of aromatic nitrogens is 1. The van der Waals surface area contributed by atoms with Gasteiger partial charge in [0.2, 0.25) is 11.8 Å². The fraction of sp³-hybridized carbons (Fsp3) is 0.296. The van der Waals surface area contributed by atoms with Crippen LogP contribution in [0.15, 0.2) is 54.6 Å². The van der Waals surface area contributed by atoms with E-state index in [1.165, 1.54) is 11.6 Å². The molecule has 0 unspecified atom stereocenters. The Morgan fingerprint density at radius 1 is 1.09 bits per heavy atom. The summed E-state index contributed by atoms with van der Waals surface area (Å²) in [5, 5.41) is 2.16. The number of pyridine rings is 1. The molecule has 6 nitrogen and oxygen atoms in total. The predicted octanol–water partition coefficient (Wildman–Crippen LogP) is 5.69. The first-order valence-corrected chi connectivity index (χ1v) is 11.4. The minimum atomic E-state index is -1.15. The maximum Gasteiger partial charge on any atom is 0.318 e. The van der Waals surface area contributed by atoms with Crippen LogP contribution in [-0.2, 0) is 11.2 Å². The molecule has 3 aromatic rings. The summed E-state index contributed by atoms with van der Waals surface area (Å²) in [6.07, 6.45) is 3.30. The summed E-state index contributed by atoms with van der Waals surface area (Å²) in [6, 6.07) is 15.6. The van der Waals surface area contributed by atoms with Gasteiger partial charge in [-0.15, -0.1) is 0 Å². The fourth-order valence-corrected chi connectivity index (χ4v) is 4.44. The van der Waals surface area contributed by atoms with Gasteiger partial charge in [0.15, 0.2) is 11.6 Å². The number of amides is 3. The van der Waals surface area contributed by atoms with Crippen molar-refractivity contribution in [3.05, 3.63) is 77.1 Å². The number of hydrogen-bond acceptors (Lipinski definition) is 4. The number of nitrogens with zero attached hydrogens (tertiary/aromatic N) is 1. The Balaban J connectivity index is 1.77. The largest absolute Gasteiger partial charge is 0.435 e. The van der Waals surface area contributed by atoms with E-state index in [4.69, 9.17) is 10.5 Å². The number of unbranched alkanes of at least 4 members (excludes halogenated alkanes) is 1. The number of para-hydroxylation sites is 1. The van der Waals surface area contributed by atoms with Crippen LogP contribution in [0.3, 0.4) is 0 Å². The van der Waals surface area contributed by atoms with E-state index in [9.17, 15) is 14.0 Å². The normalized spacial score (nSPS) is 14.5. The minimum absolute atomic E-state index is 0.0273. The van der Waals surface area contributed by atoms with Crippen molar-refractivity contribution in [2.75, 3.05) is 0 Å². The molecule has 0 saturated carbocycles. The highest BCUT2D eigenvalue weighted by atomic mass is 19.1. The molecule has 3 amide bonds. The lowest BCUT2D eigenvalue weighted by molar-refractivity contribution is -0.128. The molecule has 0 bridgehead atoms. The molecule has 1 aliphatic heterocycles. The van der Waals surface area contributed by atoms with E-state index in [0.717, 1.165) is 24.8 Å². The van der Waals surface area contributed by atoms with Crippen molar-refractivity contribution in [3.8, 4) is 22.9 Å². The molecule has 0 fully saturated rings. The van der Waals surface area contributed by atoms with Gasteiger partial charge in [0.25, 0.3) is 0 Å². The minimum Gasteiger partial charge on any atom is -0.435 e. The molecule has 176 valence electrons. The van der Waals surface area contributed by atoms with E-state index < -0.39 is 29.1 Å². The monoisotopic (exact) mass is 461 g/mol. The molecule has 34 heavy (non-hydrogen) atoms. The number of ether oxygens (including phenoxy) is 1. The Hall–Kier alpha value is -3.74. The number of primary amides is 1. The Morgan fingerprint density at radius 2 is 1.82 bits per heavy atom. The zero-order chi connectivity index (χ0) is 24.5. The quantitative estimate of drug-likeness (QED) is 0.493. The fourth-order valence-electron chi connectivity index (χ4n) is 4.44. The summed E-state index contributed by atoms with van der Waals surface area (Å²) >= 11 is 0. The van der Waals surface area contributed by atoms with Gasteiger partial charge >= 0.3 is 6.03 Å². The van der Waals surface area contributed by atoms with Crippen molar-refractivity contribution in [1.29, 1.82) is 0 Å². The lowest BCUT2D eigenvalue weighted by Gasteiger charge is -2.37. The average molecular weight is 462 g/mol. The Bertz CT molecular complexity index is 1240. The number of carbonyl (C=O) groups excluding carboxylic acids is 2. The number of fused-ring (bicyclic) bond motifs is 2. The Labute approximate surface area is 198 Å². The van der Waals surface area contributed by atoms with E-state index >= 15 is 0 Å². The maximum absolute atomic E-state index is 14.8. The van der Waals surface area contributed by atoms with Crippen LogP contribution in [0.1, 0.15) is 56.2 Å². The van der Waals surface area contributed by atoms with Crippen molar-refractivity contribution in [2.45, 2.75) is 46.0 Å². The maximum atomic E-state index is 14.8. The number of nitrogens with two attached hydrogens (primary N) is 1. The highest BCUT2D eigenvalue weighted by Gasteiger charge is 2.45. The van der Waals surface area contributed by atoms with E-state index in [1.807, 2.05) is 24.3 Å². The molecule has 1 aliphatic rings. The third-order valence-corrected chi connectivity index (χ3v) is 6.32. The second-order valence-corrected chi connectivity index (χ2v) is 9.12. The number of hydrogen-bond donors (Lipinski definition) is 2. The first kappa shape index (κ1) is 23.4. The molecule has 0 saturated heterocycles. The van der Waals surface area contributed by atoms with Crippen LogP contribution >= 0.6 is 0 Å². The summed E-state index contributed by atoms with van der Waals surface area (Å²) in [5.41, 5.74) is 8.02. The van der Waals surface area contributed by atoms with Crippen LogP contribution in [0.2, 0.25) is 0 Å². The van der Waals surface area contributed by atoms with Gasteiger partial charge in [0.05, 0.1) is 11.1 Å². The first-order chi connectivity index (χ1) is 16.2. The molecule has 0 aliphatic carbocycles. The lowest BCUT2D eigenvalue weighted by atomic mass is 9.69. The number of urea groups is 1. The number of carbonyl (C=O) groups is 2. The number of aryl methyl sites for hydroxylation is 1. The van der Waals surface area contributed by atoms with Gasteiger partial charge < -0.3 is 10.5 Å². The van der Waals surface area contributed by atoms with Gasteiger partial charge in [0, 0.05) is 22.6 Å². The average Bonchev–Trinajstić information content (AvgIpc) is 2.81. The van der Waals surface area contributed by atoms with Gasteiger partial charge in [-0.1, -0.05) is 69.7 Å². The van der Waals surface area contributed by atoms with Gasteiger partial charge in [-0.3, -0.25) is 10.1 Å². The van der Waals surface area contributed by atoms with Gasteiger partial charge in [0.1, 0.15) is 0 Å². The number of imide groups is 1. The molecule has 2 aromatic carbocycles. The summed E-state index contributed by atoms with van der Waals surface area (Å²) < 4.78 is 20.7. The Morgan fingerprint density at radius 3 is 2.50 bits per heavy atom. The van der Waals surface area contributed by atoms with Crippen molar-refractivity contribution < 1.29 is 18.7 Å². The summed E-state index contributed by atoms with van der Waals surface area (Å²) in [7, 11) is 0. The van der Waals surface area contributed by atoms with Gasteiger partial charge in [-0.05, 0) is 30.5 Å². The van der Waals surface area contributed by atoms with Crippen LogP contribution in [0.4, 0.5) is 9.18 Å². The van der Waals surface area contributed by atoms with Crippen molar-refractivity contribution in [1.82, 2.24) is 10.3 Å². The van der Waals surface area contributed by atoms with Gasteiger partial charge in [-0.25, -0.2) is 14.2 Å². The topological polar surface area (TPSA) is 94.3 Å². The van der Waals surface area contributed by atoms with E-state index in [0.29, 0.717) is 16.8 Å². The predicted molar refractivity (Wildman–Crippen MR) is 128 cm³/mol. The van der Waals surface area contributed by atoms with Crippen LogP contribution in [-0.4, -0.2) is 16.9 Å². The van der Waals surface area contributed by atoms with Crippen LogP contribution in [0.5, 0.6) is 11.6 Å². The highest BCUT2D eigenvalue weighted by molar-refractivity contribution is 5.97. The molecule has 1 atom stereocenters. The molecular weight excluding hydrogens is 433 g/mol. The van der Waals surface area contributed by atoms with E-state index in [-0.39, 0.29) is 11.6 Å². The van der Waals surface area contributed by atoms with Crippen LogP contribution < -0.4 is 15.8 Å². The third-order valence-electron chi connectivity index (χ3n) is 6.32. The molecule has 3 N–H and O–H groups in total. The van der Waals surface area contributed by atoms with Gasteiger partial charge in [-0.2, -0.15) is 0 Å². The molecular formula is C27H28FN3O3. The molecule has 0 spiro atoms. The molecule has 0 radical (unpaired) electrons. The number of benzene rings is 2. The zero-order valence-corrected chi connectivity index (χ0v) is 19.5. The molecule has 7 heteroatoms. The lowest BCUT2D eigenvalue weighted by Crippen LogP contribution is -2.46. The second kappa shape index (κ2) is 9.25. The van der Waals surface area contributed by atoms with E-state index in [2.05, 4.69) is 29.4 Å². The van der Waals surface area contributed by atoms with E-state index in [1.54, 1.807) is 26.0 Å². The van der Waals surface area contributed by atoms with Crippen LogP contribution in [0.25, 0.3) is 11.3 Å². The van der Waals surface area contributed by atoms with Crippen LogP contribution in [0, 0.1) is 11.2 Å². The third kappa shape index (κ3) is 4.38. The smallest absolute Gasteiger partial charge is 0.318 e. The van der Waals surface area contributed by atoms with Crippen molar-refractivity contribution in [3.63, 3.8) is 0 Å². The number of rotatable bonds is 6. The zero-order valence-electron chi connectivity index (χ0n) is 19.5. The summed E-state index contributed by atoms with van der Waals surface area (Å²) in [4.78, 5) is 29.0. The standard InChI is InChI=1S/C27H28FN3O3/c1-4-5-7-16-10-12-17(13-11-16)21-15-14-19-22(27(2,3)25(32)31-26(29)33)18-8-6-9-20(28)23(18)34-24(19)30-21/h6,8-15,22H,4-5,7H2,1-3H3,(H3,29,31,32,33)/t22-/m0/s1. The Kier molecular flexibility index (Phi) is 6.37.